The molecule has 0 unspecified atom stereocenters. The third-order valence-electron chi connectivity index (χ3n) is 1.85. The molecule has 0 saturated carbocycles. The zero-order valence-electron chi connectivity index (χ0n) is 7.69. The third kappa shape index (κ3) is 1.48. The minimum absolute atomic E-state index is 0.343. The molecule has 0 fully saturated rings. The van der Waals surface area contributed by atoms with Crippen LogP contribution in [0, 0.1) is 0 Å². The molecule has 0 saturated heterocycles. The predicted octanol–water partition coefficient (Wildman–Crippen LogP) is 2.47. The third-order valence-corrected chi connectivity index (χ3v) is 2.67. The Bertz CT molecular complexity index is 464. The summed E-state index contributed by atoms with van der Waals surface area (Å²) in [6.07, 6.45) is 0. The molecular weight excluding hydrogens is 198 g/mol. The summed E-state index contributed by atoms with van der Waals surface area (Å²) in [4.78, 5) is 11.4. The van der Waals surface area contributed by atoms with Crippen molar-refractivity contribution in [2.24, 2.45) is 0 Å². The second kappa shape index (κ2) is 3.75. The number of hydrogen-bond donors (Lipinski definition) is 0. The fraction of sp³-hybridized carbons (Fsp3) is 0.200. The minimum Gasteiger partial charge on any atom is -0.461 e. The molecule has 2 aromatic rings. The smallest absolute Gasteiger partial charge is 0.358 e. The van der Waals surface area contributed by atoms with Crippen molar-refractivity contribution in [3.63, 3.8) is 0 Å². The van der Waals surface area contributed by atoms with Crippen molar-refractivity contribution in [2.45, 2.75) is 6.92 Å². The van der Waals surface area contributed by atoms with Crippen molar-refractivity contribution >= 4 is 27.6 Å². The van der Waals surface area contributed by atoms with Crippen LogP contribution in [0.25, 0.3) is 10.1 Å². The second-order valence-electron chi connectivity index (χ2n) is 2.75. The van der Waals surface area contributed by atoms with Gasteiger partial charge in [0.05, 0.1) is 11.3 Å². The number of carbonyl (C=O) groups excluding carboxylic acids is 1. The van der Waals surface area contributed by atoms with Crippen LogP contribution in [0.4, 0.5) is 0 Å². The van der Waals surface area contributed by atoms with Gasteiger partial charge in [0.2, 0.25) is 0 Å². The highest BCUT2D eigenvalue weighted by molar-refractivity contribution is 7.13. The van der Waals surface area contributed by atoms with Gasteiger partial charge in [-0.3, -0.25) is 0 Å². The van der Waals surface area contributed by atoms with Crippen molar-refractivity contribution in [2.75, 3.05) is 6.61 Å². The number of nitrogens with zero attached hydrogens (tertiary/aromatic N) is 1. The number of fused-ring (bicyclic) bond motifs is 1. The van der Waals surface area contributed by atoms with Gasteiger partial charge >= 0.3 is 5.97 Å². The quantitative estimate of drug-likeness (QED) is 0.710. The normalized spacial score (nSPS) is 10.4. The van der Waals surface area contributed by atoms with Gasteiger partial charge in [-0.15, -0.1) is 0 Å². The maximum Gasteiger partial charge on any atom is 0.358 e. The highest BCUT2D eigenvalue weighted by Crippen LogP contribution is 2.22. The lowest BCUT2D eigenvalue weighted by molar-refractivity contribution is 0.0523. The lowest BCUT2D eigenvalue weighted by Gasteiger charge is -1.97. The van der Waals surface area contributed by atoms with Gasteiger partial charge in [0.1, 0.15) is 0 Å². The molecule has 0 aliphatic carbocycles. The summed E-state index contributed by atoms with van der Waals surface area (Å²) >= 11 is 1.32. The topological polar surface area (TPSA) is 39.2 Å². The van der Waals surface area contributed by atoms with Crippen LogP contribution in [-0.2, 0) is 4.74 Å². The number of ether oxygens (including phenoxy) is 1. The first kappa shape index (κ1) is 9.15. The highest BCUT2D eigenvalue weighted by Gasteiger charge is 2.14. The fourth-order valence-electron chi connectivity index (χ4n) is 1.23. The monoisotopic (exact) mass is 207 g/mol. The van der Waals surface area contributed by atoms with E-state index in [1.54, 1.807) is 6.92 Å². The van der Waals surface area contributed by atoms with Crippen LogP contribution >= 0.6 is 11.5 Å². The van der Waals surface area contributed by atoms with Crippen LogP contribution in [-0.4, -0.2) is 16.9 Å². The van der Waals surface area contributed by atoms with E-state index in [1.165, 1.54) is 11.5 Å². The Morgan fingerprint density at radius 1 is 1.50 bits per heavy atom. The number of aromatic nitrogens is 1. The van der Waals surface area contributed by atoms with E-state index in [4.69, 9.17) is 4.74 Å². The standard InChI is InChI=1S/C10H9NO2S/c1-2-13-10(12)9-7-5-3-4-6-8(7)14-11-9/h3-6H,2H2,1H3. The Balaban J connectivity index is 2.47. The molecule has 14 heavy (non-hydrogen) atoms. The van der Waals surface area contributed by atoms with Crippen molar-refractivity contribution in [3.8, 4) is 0 Å². The van der Waals surface area contributed by atoms with Crippen LogP contribution in [0.1, 0.15) is 17.4 Å². The molecule has 0 spiro atoms. The van der Waals surface area contributed by atoms with Crippen molar-refractivity contribution in [1.82, 2.24) is 4.37 Å². The van der Waals surface area contributed by atoms with E-state index in [2.05, 4.69) is 4.37 Å². The van der Waals surface area contributed by atoms with Crippen molar-refractivity contribution < 1.29 is 9.53 Å². The Hall–Kier alpha value is -1.42. The Labute approximate surface area is 85.5 Å². The van der Waals surface area contributed by atoms with Crippen LogP contribution in [0.15, 0.2) is 24.3 Å². The van der Waals surface area contributed by atoms with Gasteiger partial charge in [-0.25, -0.2) is 4.79 Å². The van der Waals surface area contributed by atoms with E-state index in [0.29, 0.717) is 12.3 Å². The largest absolute Gasteiger partial charge is 0.461 e. The summed E-state index contributed by atoms with van der Waals surface area (Å²) < 4.78 is 9.99. The molecule has 0 bridgehead atoms. The van der Waals surface area contributed by atoms with Gasteiger partial charge in [0, 0.05) is 5.39 Å². The van der Waals surface area contributed by atoms with E-state index < -0.39 is 0 Å². The Morgan fingerprint density at radius 3 is 3.07 bits per heavy atom. The summed E-state index contributed by atoms with van der Waals surface area (Å²) in [6, 6.07) is 7.63. The van der Waals surface area contributed by atoms with Crippen LogP contribution < -0.4 is 0 Å². The average molecular weight is 207 g/mol. The second-order valence-corrected chi connectivity index (χ2v) is 3.55. The number of carbonyl (C=O) groups is 1. The van der Waals surface area contributed by atoms with Gasteiger partial charge in [-0.1, -0.05) is 18.2 Å². The zero-order chi connectivity index (χ0) is 9.97. The maximum atomic E-state index is 11.4. The number of esters is 1. The van der Waals surface area contributed by atoms with Gasteiger partial charge in [-0.2, -0.15) is 4.37 Å². The summed E-state index contributed by atoms with van der Waals surface area (Å²) in [5.74, 6) is -0.343. The van der Waals surface area contributed by atoms with Gasteiger partial charge in [0.25, 0.3) is 0 Å². The van der Waals surface area contributed by atoms with Crippen LogP contribution in [0.2, 0.25) is 0 Å². The molecule has 0 aliphatic heterocycles. The average Bonchev–Trinajstić information content (AvgIpc) is 2.61. The Morgan fingerprint density at radius 2 is 2.29 bits per heavy atom. The zero-order valence-corrected chi connectivity index (χ0v) is 8.50. The van der Waals surface area contributed by atoms with Crippen molar-refractivity contribution in [3.05, 3.63) is 30.0 Å². The molecule has 0 N–H and O–H groups in total. The summed E-state index contributed by atoms with van der Waals surface area (Å²) in [7, 11) is 0. The molecular formula is C10H9NO2S. The lowest BCUT2D eigenvalue weighted by Crippen LogP contribution is -2.04. The summed E-state index contributed by atoms with van der Waals surface area (Å²) in [6.45, 7) is 2.16. The highest BCUT2D eigenvalue weighted by atomic mass is 32.1. The molecule has 72 valence electrons. The molecule has 0 aliphatic rings. The number of hydrogen-bond acceptors (Lipinski definition) is 4. The molecule has 0 radical (unpaired) electrons. The molecule has 2 rings (SSSR count). The van der Waals surface area contributed by atoms with E-state index in [9.17, 15) is 4.79 Å². The van der Waals surface area contributed by atoms with E-state index in [0.717, 1.165) is 10.1 Å². The van der Waals surface area contributed by atoms with Crippen LogP contribution in [0.5, 0.6) is 0 Å². The summed E-state index contributed by atoms with van der Waals surface area (Å²) in [5, 5.41) is 0.871. The minimum atomic E-state index is -0.343. The van der Waals surface area contributed by atoms with Gasteiger partial charge in [0.15, 0.2) is 5.69 Å². The first-order chi connectivity index (χ1) is 6.83. The molecule has 1 aromatic carbocycles. The molecule has 0 atom stereocenters. The fourth-order valence-corrected chi connectivity index (χ4v) is 2.00. The van der Waals surface area contributed by atoms with Gasteiger partial charge < -0.3 is 4.74 Å². The maximum absolute atomic E-state index is 11.4. The van der Waals surface area contributed by atoms with E-state index in [-0.39, 0.29) is 5.97 Å². The molecule has 3 nitrogen and oxygen atoms in total. The predicted molar refractivity (Wildman–Crippen MR) is 55.6 cm³/mol. The molecule has 4 heteroatoms. The molecule has 1 heterocycles. The van der Waals surface area contributed by atoms with E-state index in [1.807, 2.05) is 24.3 Å². The number of rotatable bonds is 2. The van der Waals surface area contributed by atoms with Crippen molar-refractivity contribution in [1.29, 1.82) is 0 Å². The molecule has 0 amide bonds. The van der Waals surface area contributed by atoms with Crippen LogP contribution in [0.3, 0.4) is 0 Å². The first-order valence-corrected chi connectivity index (χ1v) is 5.12. The van der Waals surface area contributed by atoms with E-state index >= 15 is 0 Å². The SMILES string of the molecule is CCOC(=O)c1nsc2ccccc12. The number of benzene rings is 1. The molecule has 1 aromatic heterocycles. The first-order valence-electron chi connectivity index (χ1n) is 4.34. The lowest BCUT2D eigenvalue weighted by atomic mass is 10.2. The Kier molecular flexibility index (Phi) is 2.45. The van der Waals surface area contributed by atoms with Gasteiger partial charge in [-0.05, 0) is 24.5 Å². The summed E-state index contributed by atoms with van der Waals surface area (Å²) in [5.41, 5.74) is 0.424.